The fourth-order valence-electron chi connectivity index (χ4n) is 2.15. The average molecular weight is 372 g/mol. The van der Waals surface area contributed by atoms with E-state index in [1.165, 1.54) is 17.8 Å². The van der Waals surface area contributed by atoms with E-state index in [4.69, 9.17) is 0 Å². The van der Waals surface area contributed by atoms with Crippen molar-refractivity contribution in [3.63, 3.8) is 0 Å². The molecular weight excluding hydrogens is 358 g/mol. The van der Waals surface area contributed by atoms with E-state index >= 15 is 0 Å². The number of hydrogen-bond donors (Lipinski definition) is 2. The van der Waals surface area contributed by atoms with Gasteiger partial charge in [-0.3, -0.25) is 4.79 Å². The molecule has 20 heavy (non-hydrogen) atoms. The standard InChI is InChI=1S/C13H14BrN3OS2/c14-8-4-11(19-6-8)13-17-10(7-20-13)12(18)16-5-9-2-1-3-15-9/h4,6-7,9,15H,1-3,5H2,(H,16,18). The number of nitrogens with zero attached hydrogens (tertiary/aromatic N) is 1. The Balaban J connectivity index is 1.62. The molecule has 2 aromatic rings. The quantitative estimate of drug-likeness (QED) is 0.867. The SMILES string of the molecule is O=C(NCC1CCCN1)c1csc(-c2cc(Br)cs2)n1. The zero-order chi connectivity index (χ0) is 13.9. The summed E-state index contributed by atoms with van der Waals surface area (Å²) in [5, 5.41) is 11.0. The highest BCUT2D eigenvalue weighted by Gasteiger charge is 2.17. The van der Waals surface area contributed by atoms with Crippen molar-refractivity contribution >= 4 is 44.5 Å². The van der Waals surface area contributed by atoms with Gasteiger partial charge >= 0.3 is 0 Å². The van der Waals surface area contributed by atoms with Crippen LogP contribution in [0.15, 0.2) is 21.3 Å². The van der Waals surface area contributed by atoms with Crippen LogP contribution >= 0.6 is 38.6 Å². The molecule has 1 saturated heterocycles. The lowest BCUT2D eigenvalue weighted by Gasteiger charge is -2.10. The number of rotatable bonds is 4. The molecule has 7 heteroatoms. The highest BCUT2D eigenvalue weighted by atomic mass is 79.9. The molecule has 1 fully saturated rings. The van der Waals surface area contributed by atoms with Gasteiger partial charge in [-0.1, -0.05) is 0 Å². The number of carbonyl (C=O) groups excluding carboxylic acids is 1. The van der Waals surface area contributed by atoms with E-state index in [9.17, 15) is 4.79 Å². The number of carbonyl (C=O) groups is 1. The number of thiophene rings is 1. The molecule has 106 valence electrons. The molecule has 0 aromatic carbocycles. The number of hydrogen-bond acceptors (Lipinski definition) is 5. The van der Waals surface area contributed by atoms with Crippen LogP contribution in [0.25, 0.3) is 9.88 Å². The normalized spacial score (nSPS) is 18.4. The van der Waals surface area contributed by atoms with Crippen molar-refractivity contribution in [1.29, 1.82) is 0 Å². The van der Waals surface area contributed by atoms with Crippen molar-refractivity contribution in [3.05, 3.63) is 27.0 Å². The van der Waals surface area contributed by atoms with Gasteiger partial charge in [-0.15, -0.1) is 22.7 Å². The van der Waals surface area contributed by atoms with E-state index in [2.05, 4.69) is 31.5 Å². The lowest BCUT2D eigenvalue weighted by Crippen LogP contribution is -2.37. The first-order chi connectivity index (χ1) is 9.72. The van der Waals surface area contributed by atoms with Crippen LogP contribution in [-0.4, -0.2) is 30.0 Å². The van der Waals surface area contributed by atoms with Crippen LogP contribution in [0.3, 0.4) is 0 Å². The molecule has 0 aliphatic carbocycles. The second-order valence-corrected chi connectivity index (χ2v) is 7.36. The summed E-state index contributed by atoms with van der Waals surface area (Å²) < 4.78 is 1.05. The number of halogens is 1. The van der Waals surface area contributed by atoms with Crippen LogP contribution in [0.4, 0.5) is 0 Å². The maximum atomic E-state index is 12.1. The molecule has 2 N–H and O–H groups in total. The molecule has 1 amide bonds. The Labute approximate surface area is 133 Å². The zero-order valence-electron chi connectivity index (χ0n) is 10.7. The summed E-state index contributed by atoms with van der Waals surface area (Å²) in [7, 11) is 0. The second-order valence-electron chi connectivity index (χ2n) is 4.67. The van der Waals surface area contributed by atoms with Gasteiger partial charge in [0.1, 0.15) is 10.7 Å². The van der Waals surface area contributed by atoms with Crippen LogP contribution in [0.5, 0.6) is 0 Å². The van der Waals surface area contributed by atoms with E-state index < -0.39 is 0 Å². The maximum absolute atomic E-state index is 12.1. The van der Waals surface area contributed by atoms with Gasteiger partial charge in [0.15, 0.2) is 0 Å². The molecule has 0 spiro atoms. The van der Waals surface area contributed by atoms with Crippen LogP contribution in [-0.2, 0) is 0 Å². The fraction of sp³-hybridized carbons (Fsp3) is 0.385. The smallest absolute Gasteiger partial charge is 0.270 e. The Hall–Kier alpha value is -0.760. The van der Waals surface area contributed by atoms with Crippen molar-refractivity contribution < 1.29 is 4.79 Å². The van der Waals surface area contributed by atoms with Crippen molar-refractivity contribution in [2.45, 2.75) is 18.9 Å². The van der Waals surface area contributed by atoms with Gasteiger partial charge in [0.25, 0.3) is 5.91 Å². The molecule has 0 radical (unpaired) electrons. The minimum Gasteiger partial charge on any atom is -0.349 e. The van der Waals surface area contributed by atoms with Crippen molar-refractivity contribution in [2.24, 2.45) is 0 Å². The lowest BCUT2D eigenvalue weighted by atomic mass is 10.2. The molecule has 3 rings (SSSR count). The summed E-state index contributed by atoms with van der Waals surface area (Å²) in [5.74, 6) is -0.0863. The average Bonchev–Trinajstić information content (AvgIpc) is 3.16. The first kappa shape index (κ1) is 14.2. The van der Waals surface area contributed by atoms with Crippen molar-refractivity contribution in [2.75, 3.05) is 13.1 Å². The minimum absolute atomic E-state index is 0.0863. The molecule has 0 saturated carbocycles. The largest absolute Gasteiger partial charge is 0.349 e. The fourth-order valence-corrected chi connectivity index (χ4v) is 4.46. The first-order valence-electron chi connectivity index (χ1n) is 6.44. The van der Waals surface area contributed by atoms with Gasteiger partial charge in [0, 0.05) is 27.8 Å². The number of amides is 1. The monoisotopic (exact) mass is 371 g/mol. The second kappa shape index (κ2) is 6.34. The zero-order valence-corrected chi connectivity index (χ0v) is 13.9. The van der Waals surface area contributed by atoms with Crippen LogP contribution < -0.4 is 10.6 Å². The summed E-state index contributed by atoms with van der Waals surface area (Å²) in [5.41, 5.74) is 0.507. The summed E-state index contributed by atoms with van der Waals surface area (Å²) in [4.78, 5) is 17.5. The Morgan fingerprint density at radius 1 is 1.50 bits per heavy atom. The third-order valence-electron chi connectivity index (χ3n) is 3.19. The predicted molar refractivity (Wildman–Crippen MR) is 86.5 cm³/mol. The van der Waals surface area contributed by atoms with Gasteiger partial charge < -0.3 is 10.6 Å². The molecule has 1 unspecified atom stereocenters. The molecule has 1 aliphatic rings. The Morgan fingerprint density at radius 2 is 2.40 bits per heavy atom. The lowest BCUT2D eigenvalue weighted by molar-refractivity contribution is 0.0946. The van der Waals surface area contributed by atoms with Gasteiger partial charge in [-0.25, -0.2) is 4.98 Å². The highest BCUT2D eigenvalue weighted by Crippen LogP contribution is 2.31. The van der Waals surface area contributed by atoms with E-state index in [1.54, 1.807) is 11.3 Å². The Bertz CT molecular complexity index is 604. The molecule has 2 aromatic heterocycles. The van der Waals surface area contributed by atoms with Gasteiger partial charge in [0.2, 0.25) is 0 Å². The van der Waals surface area contributed by atoms with Gasteiger partial charge in [0.05, 0.1) is 4.88 Å². The van der Waals surface area contributed by atoms with Crippen LogP contribution in [0.1, 0.15) is 23.3 Å². The maximum Gasteiger partial charge on any atom is 0.270 e. The van der Waals surface area contributed by atoms with E-state index in [0.717, 1.165) is 27.3 Å². The van der Waals surface area contributed by atoms with Gasteiger partial charge in [-0.05, 0) is 41.4 Å². The third-order valence-corrected chi connectivity index (χ3v) is 5.89. The molecular formula is C13H14BrN3OS2. The molecule has 0 bridgehead atoms. The number of aromatic nitrogens is 1. The molecule has 3 heterocycles. The third kappa shape index (κ3) is 3.28. The summed E-state index contributed by atoms with van der Waals surface area (Å²) in [6.45, 7) is 1.73. The topological polar surface area (TPSA) is 54.0 Å². The van der Waals surface area contributed by atoms with E-state index in [1.807, 2.05) is 16.8 Å². The Kier molecular flexibility index (Phi) is 4.50. The minimum atomic E-state index is -0.0863. The van der Waals surface area contributed by atoms with Crippen LogP contribution in [0, 0.1) is 0 Å². The Morgan fingerprint density at radius 3 is 3.10 bits per heavy atom. The summed E-state index contributed by atoms with van der Waals surface area (Å²) in [6.07, 6.45) is 2.32. The highest BCUT2D eigenvalue weighted by molar-refractivity contribution is 9.10. The van der Waals surface area contributed by atoms with Crippen LogP contribution in [0.2, 0.25) is 0 Å². The van der Waals surface area contributed by atoms with Crippen molar-refractivity contribution in [1.82, 2.24) is 15.6 Å². The summed E-state index contributed by atoms with van der Waals surface area (Å²) in [6, 6.07) is 2.43. The predicted octanol–water partition coefficient (Wildman–Crippen LogP) is 3.12. The molecule has 1 atom stereocenters. The summed E-state index contributed by atoms with van der Waals surface area (Å²) >= 11 is 6.55. The number of thiazole rings is 1. The molecule has 1 aliphatic heterocycles. The first-order valence-corrected chi connectivity index (χ1v) is 8.99. The molecule has 4 nitrogen and oxygen atoms in total. The van der Waals surface area contributed by atoms with Gasteiger partial charge in [-0.2, -0.15) is 0 Å². The number of nitrogens with one attached hydrogen (secondary N) is 2. The van der Waals surface area contributed by atoms with Crippen molar-refractivity contribution in [3.8, 4) is 9.88 Å². The van der Waals surface area contributed by atoms with E-state index in [-0.39, 0.29) is 5.91 Å². The van der Waals surface area contributed by atoms with E-state index in [0.29, 0.717) is 18.3 Å².